The van der Waals surface area contributed by atoms with Gasteiger partial charge in [-0.1, -0.05) is 27.7 Å². The van der Waals surface area contributed by atoms with E-state index in [1.807, 2.05) is 52.0 Å². The third-order valence-electron chi connectivity index (χ3n) is 2.99. The Hall–Kier alpha value is -2.26. The van der Waals surface area contributed by atoms with Gasteiger partial charge in [-0.2, -0.15) is 10.5 Å². The number of hydrogen-bond donors (Lipinski definition) is 1. The van der Waals surface area contributed by atoms with Gasteiger partial charge in [-0.05, 0) is 46.7 Å². The van der Waals surface area contributed by atoms with E-state index in [0.29, 0.717) is 5.75 Å². The second kappa shape index (κ2) is 6.07. The molecule has 0 saturated heterocycles. The summed E-state index contributed by atoms with van der Waals surface area (Å²) < 4.78 is 0. The van der Waals surface area contributed by atoms with Gasteiger partial charge in [-0.25, -0.2) is 0 Å². The van der Waals surface area contributed by atoms with Crippen LogP contribution in [0.3, 0.4) is 0 Å². The Bertz CT molecular complexity index is 539. The summed E-state index contributed by atoms with van der Waals surface area (Å²) in [6.07, 6.45) is 1.55. The molecule has 0 bridgehead atoms. The fraction of sp³-hybridized carbons (Fsp3) is 0.375. The van der Waals surface area contributed by atoms with E-state index in [1.54, 1.807) is 6.08 Å². The molecule has 0 aliphatic heterocycles. The van der Waals surface area contributed by atoms with Crippen molar-refractivity contribution < 1.29 is 5.11 Å². The van der Waals surface area contributed by atoms with Gasteiger partial charge in [-0.3, -0.25) is 0 Å². The Balaban J connectivity index is 3.49. The first-order chi connectivity index (χ1) is 8.90. The zero-order valence-electron chi connectivity index (χ0n) is 11.7. The van der Waals surface area contributed by atoms with Crippen molar-refractivity contribution in [2.24, 2.45) is 0 Å². The maximum Gasteiger partial charge on any atom is 0.130 e. The molecule has 0 heterocycles. The number of allylic oxidation sites excluding steroid dienone is 1. The van der Waals surface area contributed by atoms with Crippen molar-refractivity contribution in [2.75, 3.05) is 0 Å². The summed E-state index contributed by atoms with van der Waals surface area (Å²) in [5.41, 5.74) is 2.53. The minimum atomic E-state index is 0.0649. The van der Waals surface area contributed by atoms with Gasteiger partial charge >= 0.3 is 0 Å². The van der Waals surface area contributed by atoms with Gasteiger partial charge in [0.15, 0.2) is 0 Å². The molecule has 0 unspecified atom stereocenters. The van der Waals surface area contributed by atoms with Gasteiger partial charge in [0.05, 0.1) is 0 Å². The molecule has 1 rings (SSSR count). The Labute approximate surface area is 114 Å². The van der Waals surface area contributed by atoms with Gasteiger partial charge in [0.2, 0.25) is 0 Å². The fourth-order valence-electron chi connectivity index (χ4n) is 1.92. The quantitative estimate of drug-likeness (QED) is 0.827. The van der Waals surface area contributed by atoms with E-state index in [0.717, 1.165) is 16.7 Å². The fourth-order valence-corrected chi connectivity index (χ4v) is 1.92. The lowest BCUT2D eigenvalue weighted by atomic mass is 9.91. The van der Waals surface area contributed by atoms with Gasteiger partial charge in [0, 0.05) is 0 Å². The number of aromatic hydroxyl groups is 1. The number of nitrogens with zero attached hydrogens (tertiary/aromatic N) is 2. The van der Waals surface area contributed by atoms with Crippen molar-refractivity contribution in [2.45, 2.75) is 39.5 Å². The van der Waals surface area contributed by atoms with Crippen LogP contribution in [0, 0.1) is 22.7 Å². The van der Waals surface area contributed by atoms with E-state index in [-0.39, 0.29) is 17.4 Å². The van der Waals surface area contributed by atoms with Gasteiger partial charge < -0.3 is 5.11 Å². The monoisotopic (exact) mass is 254 g/mol. The first-order valence-electron chi connectivity index (χ1n) is 6.29. The molecular formula is C16H18N2O. The summed E-state index contributed by atoms with van der Waals surface area (Å²) in [5, 5.41) is 27.9. The highest BCUT2D eigenvalue weighted by molar-refractivity contribution is 5.65. The van der Waals surface area contributed by atoms with Crippen LogP contribution in [-0.4, -0.2) is 5.11 Å². The summed E-state index contributed by atoms with van der Waals surface area (Å²) in [5.74, 6) is 0.676. The molecule has 98 valence electrons. The smallest absolute Gasteiger partial charge is 0.130 e. The second-order valence-electron chi connectivity index (χ2n) is 5.14. The molecule has 0 saturated carbocycles. The molecule has 0 fully saturated rings. The molecule has 0 aliphatic carbocycles. The number of benzene rings is 1. The van der Waals surface area contributed by atoms with Crippen molar-refractivity contribution >= 4 is 6.08 Å². The Morgan fingerprint density at radius 1 is 1.05 bits per heavy atom. The summed E-state index contributed by atoms with van der Waals surface area (Å²) in [6.45, 7) is 8.01. The van der Waals surface area contributed by atoms with Crippen molar-refractivity contribution in [3.8, 4) is 17.9 Å². The Morgan fingerprint density at radius 2 is 1.47 bits per heavy atom. The highest BCUT2D eigenvalue weighted by atomic mass is 16.3. The van der Waals surface area contributed by atoms with E-state index in [1.165, 1.54) is 0 Å². The van der Waals surface area contributed by atoms with Crippen molar-refractivity contribution in [3.05, 3.63) is 34.4 Å². The highest BCUT2D eigenvalue weighted by Gasteiger charge is 2.14. The van der Waals surface area contributed by atoms with Crippen LogP contribution in [0.25, 0.3) is 6.08 Å². The maximum absolute atomic E-state index is 10.3. The first kappa shape index (κ1) is 14.8. The van der Waals surface area contributed by atoms with Gasteiger partial charge in [0.25, 0.3) is 0 Å². The van der Waals surface area contributed by atoms with Gasteiger partial charge in [-0.15, -0.1) is 0 Å². The molecule has 1 aromatic rings. The lowest BCUT2D eigenvalue weighted by Gasteiger charge is -2.16. The topological polar surface area (TPSA) is 67.8 Å². The van der Waals surface area contributed by atoms with E-state index in [2.05, 4.69) is 0 Å². The minimum Gasteiger partial charge on any atom is -0.507 e. The minimum absolute atomic E-state index is 0.0649. The SMILES string of the molecule is CC(C)c1cc(C=C(C#N)C#N)cc(C(C)C)c1O. The summed E-state index contributed by atoms with van der Waals surface area (Å²) >= 11 is 0. The average Bonchev–Trinajstić information content (AvgIpc) is 2.36. The van der Waals surface area contributed by atoms with Crippen LogP contribution < -0.4 is 0 Å². The van der Waals surface area contributed by atoms with Crippen LogP contribution in [0.2, 0.25) is 0 Å². The number of nitriles is 2. The van der Waals surface area contributed by atoms with Crippen molar-refractivity contribution in [3.63, 3.8) is 0 Å². The molecule has 0 aliphatic rings. The predicted octanol–water partition coefficient (Wildman–Crippen LogP) is 4.07. The van der Waals surface area contributed by atoms with Crippen LogP contribution in [0.5, 0.6) is 5.75 Å². The Kier molecular flexibility index (Phi) is 4.73. The van der Waals surface area contributed by atoms with E-state index in [4.69, 9.17) is 10.5 Å². The van der Waals surface area contributed by atoms with E-state index in [9.17, 15) is 5.11 Å². The van der Waals surface area contributed by atoms with Crippen molar-refractivity contribution in [1.82, 2.24) is 0 Å². The summed E-state index contributed by atoms with van der Waals surface area (Å²) in [6, 6.07) is 7.37. The van der Waals surface area contributed by atoms with Crippen LogP contribution in [0.15, 0.2) is 17.7 Å². The van der Waals surface area contributed by atoms with Crippen LogP contribution >= 0.6 is 0 Å². The number of hydrogen-bond acceptors (Lipinski definition) is 3. The van der Waals surface area contributed by atoms with E-state index >= 15 is 0 Å². The number of rotatable bonds is 3. The number of phenolic OH excluding ortho intramolecular Hbond substituents is 1. The molecule has 0 atom stereocenters. The molecular weight excluding hydrogens is 236 g/mol. The van der Waals surface area contributed by atoms with Crippen LogP contribution in [0.4, 0.5) is 0 Å². The zero-order chi connectivity index (χ0) is 14.6. The van der Waals surface area contributed by atoms with E-state index < -0.39 is 0 Å². The number of phenols is 1. The lowest BCUT2D eigenvalue weighted by molar-refractivity contribution is 0.454. The van der Waals surface area contributed by atoms with Crippen LogP contribution in [-0.2, 0) is 0 Å². The molecule has 19 heavy (non-hydrogen) atoms. The second-order valence-corrected chi connectivity index (χ2v) is 5.14. The zero-order valence-corrected chi connectivity index (χ0v) is 11.7. The molecule has 0 amide bonds. The lowest BCUT2D eigenvalue weighted by Crippen LogP contribution is -1.97. The standard InChI is InChI=1S/C16H18N2O/c1-10(2)14-6-12(5-13(8-17)9-18)7-15(11(3)4)16(14)19/h5-7,10-11,19H,1-4H3. The van der Waals surface area contributed by atoms with Crippen molar-refractivity contribution in [1.29, 1.82) is 10.5 Å². The molecule has 3 heteroatoms. The molecule has 0 spiro atoms. The third kappa shape index (κ3) is 3.36. The van der Waals surface area contributed by atoms with Gasteiger partial charge in [0.1, 0.15) is 23.5 Å². The maximum atomic E-state index is 10.3. The highest BCUT2D eigenvalue weighted by Crippen LogP contribution is 2.35. The summed E-state index contributed by atoms with van der Waals surface area (Å²) in [7, 11) is 0. The predicted molar refractivity (Wildman–Crippen MR) is 75.5 cm³/mol. The first-order valence-corrected chi connectivity index (χ1v) is 6.29. The van der Waals surface area contributed by atoms with Crippen LogP contribution in [0.1, 0.15) is 56.2 Å². The Morgan fingerprint density at radius 3 is 1.79 bits per heavy atom. The normalized spacial score (nSPS) is 10.1. The molecule has 1 aromatic carbocycles. The molecule has 0 radical (unpaired) electrons. The molecule has 3 nitrogen and oxygen atoms in total. The molecule has 0 aromatic heterocycles. The summed E-state index contributed by atoms with van der Waals surface area (Å²) in [4.78, 5) is 0. The third-order valence-corrected chi connectivity index (χ3v) is 2.99. The largest absolute Gasteiger partial charge is 0.507 e. The average molecular weight is 254 g/mol. The molecule has 1 N–H and O–H groups in total.